The maximum Gasteiger partial charge on any atom is 0.267 e. The van der Waals surface area contributed by atoms with Crippen LogP contribution in [0, 0.1) is 11.3 Å². The number of anilines is 1. The van der Waals surface area contributed by atoms with Crippen LogP contribution in [0.5, 0.6) is 0 Å². The lowest BCUT2D eigenvalue weighted by atomic mass is 10.1. The summed E-state index contributed by atoms with van der Waals surface area (Å²) < 4.78 is 3.42. The zero-order valence-corrected chi connectivity index (χ0v) is 17.3. The minimum absolute atomic E-state index is 0.183. The van der Waals surface area contributed by atoms with Gasteiger partial charge in [0.2, 0.25) is 0 Å². The summed E-state index contributed by atoms with van der Waals surface area (Å²) in [6.07, 6.45) is 6.67. The summed E-state index contributed by atoms with van der Waals surface area (Å²) in [6.45, 7) is 1.70. The Morgan fingerprint density at radius 2 is 1.84 bits per heavy atom. The number of hydrogen-bond donors (Lipinski definition) is 0. The fraction of sp³-hybridized carbons (Fsp3) is 0.250. The highest BCUT2D eigenvalue weighted by molar-refractivity contribution is 5.92. The molecule has 0 radical (unpaired) electrons. The van der Waals surface area contributed by atoms with E-state index >= 15 is 0 Å². The van der Waals surface area contributed by atoms with Gasteiger partial charge in [-0.25, -0.2) is 9.97 Å². The van der Waals surface area contributed by atoms with Gasteiger partial charge in [0.25, 0.3) is 5.56 Å². The number of rotatable bonds is 3. The summed E-state index contributed by atoms with van der Waals surface area (Å²) in [5, 5.41) is 9.98. The molecule has 0 atom stereocenters. The largest absolute Gasteiger partial charge is 0.356 e. The van der Waals surface area contributed by atoms with Crippen molar-refractivity contribution in [2.75, 3.05) is 18.0 Å². The van der Waals surface area contributed by atoms with Crippen molar-refractivity contribution in [3.8, 4) is 6.07 Å². The number of para-hydroxylation sites is 2. The first-order valence-electron chi connectivity index (χ1n) is 10.5. The number of pyridine rings is 1. The molecule has 5 rings (SSSR count). The highest BCUT2D eigenvalue weighted by Gasteiger charge is 2.21. The molecule has 1 aromatic carbocycles. The monoisotopic (exact) mass is 410 g/mol. The summed E-state index contributed by atoms with van der Waals surface area (Å²) in [4.78, 5) is 25.1. The van der Waals surface area contributed by atoms with E-state index in [1.54, 1.807) is 18.3 Å². The first-order valence-corrected chi connectivity index (χ1v) is 10.5. The molecular formula is C24H22N6O. The Hall–Kier alpha value is -3.92. The quantitative estimate of drug-likeness (QED) is 0.482. The molecule has 0 saturated carbocycles. The standard InChI is InChI=1S/C24H22N6O/c1-28-20-10-4-3-9-19(20)26-22(28)17(16-25)15-18-23(29-12-6-2-7-13-29)27-21-11-5-8-14-30(21)24(18)31/h3-5,8-11,14-15H,2,6-7,12-13H2,1H3. The Morgan fingerprint density at radius 3 is 2.61 bits per heavy atom. The number of aromatic nitrogens is 4. The van der Waals surface area contributed by atoms with Crippen LogP contribution in [-0.2, 0) is 7.05 Å². The maximum absolute atomic E-state index is 13.4. The van der Waals surface area contributed by atoms with Gasteiger partial charge in [-0.05, 0) is 49.6 Å². The van der Waals surface area contributed by atoms with Crippen molar-refractivity contribution in [1.29, 1.82) is 5.26 Å². The van der Waals surface area contributed by atoms with Gasteiger partial charge in [-0.1, -0.05) is 18.2 Å². The minimum atomic E-state index is -0.183. The molecule has 4 heterocycles. The third-order valence-electron chi connectivity index (χ3n) is 5.84. The molecule has 0 N–H and O–H groups in total. The van der Waals surface area contributed by atoms with E-state index in [4.69, 9.17) is 4.98 Å². The molecule has 31 heavy (non-hydrogen) atoms. The van der Waals surface area contributed by atoms with Crippen LogP contribution in [0.15, 0.2) is 53.5 Å². The smallest absolute Gasteiger partial charge is 0.267 e. The lowest BCUT2D eigenvalue weighted by molar-refractivity contribution is 0.573. The van der Waals surface area contributed by atoms with Crippen molar-refractivity contribution in [2.24, 2.45) is 7.05 Å². The number of hydrogen-bond acceptors (Lipinski definition) is 5. The van der Waals surface area contributed by atoms with Gasteiger partial charge < -0.3 is 9.47 Å². The van der Waals surface area contributed by atoms with E-state index in [1.165, 1.54) is 10.8 Å². The number of benzene rings is 1. The van der Waals surface area contributed by atoms with E-state index in [2.05, 4.69) is 16.0 Å². The molecule has 1 aliphatic rings. The first kappa shape index (κ1) is 19.1. The number of piperidine rings is 1. The number of imidazole rings is 1. The molecule has 1 fully saturated rings. The molecule has 4 aromatic rings. The second-order valence-corrected chi connectivity index (χ2v) is 7.78. The summed E-state index contributed by atoms with van der Waals surface area (Å²) in [5.41, 5.74) is 2.93. The average Bonchev–Trinajstić information content (AvgIpc) is 3.15. The van der Waals surface area contributed by atoms with E-state index in [9.17, 15) is 10.1 Å². The van der Waals surface area contributed by atoms with Crippen molar-refractivity contribution in [2.45, 2.75) is 19.3 Å². The molecule has 0 aliphatic carbocycles. The van der Waals surface area contributed by atoms with Crippen LogP contribution in [0.4, 0.5) is 5.82 Å². The zero-order valence-electron chi connectivity index (χ0n) is 17.3. The maximum atomic E-state index is 13.4. The molecule has 1 aliphatic heterocycles. The predicted octanol–water partition coefficient (Wildman–Crippen LogP) is 3.64. The number of aryl methyl sites for hydroxylation is 1. The first-order chi connectivity index (χ1) is 15.2. The third kappa shape index (κ3) is 3.26. The molecule has 0 amide bonds. The lowest BCUT2D eigenvalue weighted by Gasteiger charge is -2.29. The van der Waals surface area contributed by atoms with Gasteiger partial charge in [-0.2, -0.15) is 5.26 Å². The predicted molar refractivity (Wildman–Crippen MR) is 122 cm³/mol. The number of allylic oxidation sites excluding steroid dienone is 1. The van der Waals surface area contributed by atoms with Crippen molar-refractivity contribution in [3.63, 3.8) is 0 Å². The molecule has 0 bridgehead atoms. The summed E-state index contributed by atoms with van der Waals surface area (Å²) in [7, 11) is 1.88. The number of nitrogens with zero attached hydrogens (tertiary/aromatic N) is 6. The molecule has 0 spiro atoms. The van der Waals surface area contributed by atoms with Gasteiger partial charge in [-0.3, -0.25) is 9.20 Å². The molecular weight excluding hydrogens is 388 g/mol. The second kappa shape index (κ2) is 7.73. The summed E-state index contributed by atoms with van der Waals surface area (Å²) in [6, 6.07) is 15.5. The van der Waals surface area contributed by atoms with E-state index < -0.39 is 0 Å². The average molecular weight is 410 g/mol. The Morgan fingerprint density at radius 1 is 1.06 bits per heavy atom. The molecule has 3 aromatic heterocycles. The van der Waals surface area contributed by atoms with Crippen LogP contribution >= 0.6 is 0 Å². The van der Waals surface area contributed by atoms with E-state index in [1.807, 2.05) is 48.0 Å². The Kier molecular flexibility index (Phi) is 4.75. The Bertz CT molecular complexity index is 1420. The molecule has 7 nitrogen and oxygen atoms in total. The van der Waals surface area contributed by atoms with Crippen LogP contribution in [-0.4, -0.2) is 32.0 Å². The van der Waals surface area contributed by atoms with Gasteiger partial charge in [0, 0.05) is 26.3 Å². The number of fused-ring (bicyclic) bond motifs is 2. The van der Waals surface area contributed by atoms with E-state index in [-0.39, 0.29) is 5.56 Å². The van der Waals surface area contributed by atoms with Crippen LogP contribution in [0.1, 0.15) is 30.7 Å². The van der Waals surface area contributed by atoms with Gasteiger partial charge in [0.05, 0.1) is 22.2 Å². The highest BCUT2D eigenvalue weighted by atomic mass is 16.1. The lowest BCUT2D eigenvalue weighted by Crippen LogP contribution is -2.33. The fourth-order valence-electron chi connectivity index (χ4n) is 4.24. The molecule has 0 unspecified atom stereocenters. The van der Waals surface area contributed by atoms with Gasteiger partial charge in [-0.15, -0.1) is 0 Å². The molecule has 1 saturated heterocycles. The fourth-order valence-corrected chi connectivity index (χ4v) is 4.24. The Labute approximate surface area is 179 Å². The SMILES string of the molecule is Cn1c(C(C#N)=Cc2c(N3CCCCC3)nc3ccccn3c2=O)nc2ccccc21. The normalized spacial score (nSPS) is 14.8. The van der Waals surface area contributed by atoms with Crippen LogP contribution in [0.2, 0.25) is 0 Å². The van der Waals surface area contributed by atoms with Gasteiger partial charge in [0.15, 0.2) is 5.82 Å². The van der Waals surface area contributed by atoms with E-state index in [0.717, 1.165) is 37.0 Å². The van der Waals surface area contributed by atoms with Crippen LogP contribution < -0.4 is 10.5 Å². The highest BCUT2D eigenvalue weighted by Crippen LogP contribution is 2.26. The number of nitriles is 1. The van der Waals surface area contributed by atoms with Gasteiger partial charge >= 0.3 is 0 Å². The van der Waals surface area contributed by atoms with Crippen molar-refractivity contribution in [3.05, 3.63) is 70.4 Å². The summed E-state index contributed by atoms with van der Waals surface area (Å²) in [5.74, 6) is 1.17. The molecule has 154 valence electrons. The summed E-state index contributed by atoms with van der Waals surface area (Å²) >= 11 is 0. The van der Waals surface area contributed by atoms with Gasteiger partial charge in [0.1, 0.15) is 17.5 Å². The van der Waals surface area contributed by atoms with Crippen molar-refractivity contribution >= 4 is 34.1 Å². The van der Waals surface area contributed by atoms with E-state index in [0.29, 0.717) is 28.4 Å². The second-order valence-electron chi connectivity index (χ2n) is 7.78. The third-order valence-corrected chi connectivity index (χ3v) is 5.84. The topological polar surface area (TPSA) is 79.2 Å². The van der Waals surface area contributed by atoms with Crippen LogP contribution in [0.3, 0.4) is 0 Å². The van der Waals surface area contributed by atoms with Crippen molar-refractivity contribution in [1.82, 2.24) is 18.9 Å². The molecule has 7 heteroatoms. The van der Waals surface area contributed by atoms with Crippen LogP contribution in [0.25, 0.3) is 28.3 Å². The van der Waals surface area contributed by atoms with Crippen molar-refractivity contribution < 1.29 is 0 Å². The Balaban J connectivity index is 1.75. The zero-order chi connectivity index (χ0) is 21.4. The minimum Gasteiger partial charge on any atom is -0.356 e.